The lowest BCUT2D eigenvalue weighted by atomic mass is 9.99. The Morgan fingerprint density at radius 3 is 2.63 bits per heavy atom. The maximum atomic E-state index is 14.7. The van der Waals surface area contributed by atoms with Crippen LogP contribution in [0.15, 0.2) is 30.3 Å². The van der Waals surface area contributed by atoms with Gasteiger partial charge in [-0.25, -0.2) is 4.39 Å². The first-order valence-corrected chi connectivity index (χ1v) is 8.26. The molecule has 3 aromatic rings. The van der Waals surface area contributed by atoms with Crippen LogP contribution in [0.1, 0.15) is 17.4 Å². The van der Waals surface area contributed by atoms with Crippen molar-refractivity contribution in [3.8, 4) is 22.6 Å². The van der Waals surface area contributed by atoms with Crippen molar-refractivity contribution in [2.24, 2.45) is 0 Å². The summed E-state index contributed by atoms with van der Waals surface area (Å²) in [6.07, 6.45) is 0. The zero-order valence-electron chi connectivity index (χ0n) is 15.2. The molecule has 0 radical (unpaired) electrons. The highest BCUT2D eigenvalue weighted by molar-refractivity contribution is 6.07. The lowest BCUT2D eigenvalue weighted by Crippen LogP contribution is -2.25. The molecule has 3 N–H and O–H groups in total. The number of hydrogen-bond donors (Lipinski definition) is 2. The topological polar surface area (TPSA) is 99.4 Å². The van der Waals surface area contributed by atoms with Crippen molar-refractivity contribution >= 4 is 22.5 Å². The number of fused-ring (bicyclic) bond motifs is 1. The second-order valence-electron chi connectivity index (χ2n) is 5.71. The summed E-state index contributed by atoms with van der Waals surface area (Å²) in [4.78, 5) is 12.1. The average molecular weight is 370 g/mol. The Hall–Kier alpha value is -3.42. The number of hydrogen-bond acceptors (Lipinski definition) is 6. The number of halogens is 1. The van der Waals surface area contributed by atoms with E-state index in [0.717, 1.165) is 0 Å². The van der Waals surface area contributed by atoms with Gasteiger partial charge in [0.25, 0.3) is 5.91 Å². The third-order valence-electron chi connectivity index (χ3n) is 4.15. The molecule has 1 heterocycles. The predicted molar refractivity (Wildman–Crippen MR) is 100 cm³/mol. The van der Waals surface area contributed by atoms with E-state index in [4.69, 9.17) is 15.2 Å². The Morgan fingerprint density at radius 1 is 1.19 bits per heavy atom. The second kappa shape index (κ2) is 7.45. The van der Waals surface area contributed by atoms with Crippen molar-refractivity contribution in [2.45, 2.75) is 6.92 Å². The Labute approximate surface area is 155 Å². The molecule has 0 aliphatic carbocycles. The normalized spacial score (nSPS) is 10.7. The lowest BCUT2D eigenvalue weighted by molar-refractivity contribution is 0.0951. The van der Waals surface area contributed by atoms with Crippen LogP contribution in [-0.2, 0) is 0 Å². The molecule has 3 rings (SSSR count). The van der Waals surface area contributed by atoms with E-state index in [0.29, 0.717) is 29.0 Å². The zero-order chi connectivity index (χ0) is 19.6. The molecule has 1 aromatic heterocycles. The van der Waals surface area contributed by atoms with Crippen molar-refractivity contribution in [1.29, 1.82) is 0 Å². The molecule has 0 fully saturated rings. The summed E-state index contributed by atoms with van der Waals surface area (Å²) in [5.41, 5.74) is 7.17. The monoisotopic (exact) mass is 370 g/mol. The quantitative estimate of drug-likeness (QED) is 0.716. The van der Waals surface area contributed by atoms with Gasteiger partial charge in [-0.2, -0.15) is 0 Å². The van der Waals surface area contributed by atoms with Crippen LogP contribution in [0.4, 0.5) is 10.1 Å². The molecule has 0 saturated heterocycles. The molecule has 0 aliphatic heterocycles. The summed E-state index contributed by atoms with van der Waals surface area (Å²) < 4.78 is 25.3. The van der Waals surface area contributed by atoms with E-state index in [9.17, 15) is 9.18 Å². The minimum absolute atomic E-state index is 0.00334. The van der Waals surface area contributed by atoms with Crippen LogP contribution >= 0.6 is 0 Å². The van der Waals surface area contributed by atoms with Crippen LogP contribution in [0.25, 0.3) is 22.0 Å². The van der Waals surface area contributed by atoms with E-state index in [1.807, 2.05) is 0 Å². The zero-order valence-corrected chi connectivity index (χ0v) is 15.2. The van der Waals surface area contributed by atoms with Gasteiger partial charge in [0.15, 0.2) is 5.69 Å². The van der Waals surface area contributed by atoms with E-state index in [2.05, 4.69) is 15.5 Å². The number of nitrogens with zero attached hydrogens (tertiary/aromatic N) is 2. The van der Waals surface area contributed by atoms with Gasteiger partial charge in [0.2, 0.25) is 0 Å². The third kappa shape index (κ3) is 3.21. The minimum atomic E-state index is -0.509. The number of anilines is 1. The number of benzene rings is 2. The molecular weight excluding hydrogens is 351 g/mol. The lowest BCUT2D eigenvalue weighted by Gasteiger charge is -2.14. The first-order valence-electron chi connectivity index (χ1n) is 8.26. The minimum Gasteiger partial charge on any atom is -0.497 e. The molecule has 140 valence electrons. The largest absolute Gasteiger partial charge is 0.497 e. The van der Waals surface area contributed by atoms with Crippen LogP contribution in [-0.4, -0.2) is 36.9 Å². The smallest absolute Gasteiger partial charge is 0.273 e. The number of methoxy groups -OCH3 is 2. The van der Waals surface area contributed by atoms with Gasteiger partial charge in [0.1, 0.15) is 22.8 Å². The van der Waals surface area contributed by atoms with Crippen LogP contribution in [0.2, 0.25) is 0 Å². The van der Waals surface area contributed by atoms with Crippen molar-refractivity contribution in [3.05, 3.63) is 41.8 Å². The highest BCUT2D eigenvalue weighted by atomic mass is 19.1. The van der Waals surface area contributed by atoms with Crippen molar-refractivity contribution in [3.63, 3.8) is 0 Å². The molecule has 0 atom stereocenters. The maximum absolute atomic E-state index is 14.7. The van der Waals surface area contributed by atoms with Gasteiger partial charge in [-0.3, -0.25) is 4.79 Å². The molecule has 0 saturated carbocycles. The SMILES string of the molecule is CCNC(=O)c1nnc2c(-c3ccc(OC)cc3OC)c(F)ccc2c1N. The fourth-order valence-corrected chi connectivity index (χ4v) is 2.84. The van der Waals surface area contributed by atoms with Gasteiger partial charge in [0, 0.05) is 29.1 Å². The number of aromatic nitrogens is 2. The molecule has 2 aromatic carbocycles. The summed E-state index contributed by atoms with van der Waals surface area (Å²) in [7, 11) is 3.01. The average Bonchev–Trinajstić information content (AvgIpc) is 2.68. The fraction of sp³-hybridized carbons (Fsp3) is 0.211. The molecule has 8 heteroatoms. The Bertz CT molecular complexity index is 1020. The summed E-state index contributed by atoms with van der Waals surface area (Å²) in [5.74, 6) is 0.0389. The number of nitrogens with two attached hydrogens (primary N) is 1. The van der Waals surface area contributed by atoms with Gasteiger partial charge in [-0.05, 0) is 31.2 Å². The highest BCUT2D eigenvalue weighted by Gasteiger charge is 2.21. The Kier molecular flexibility index (Phi) is 5.07. The predicted octanol–water partition coefficient (Wildman–Crippen LogP) is 2.79. The molecule has 0 spiro atoms. The van der Waals surface area contributed by atoms with Gasteiger partial charge in [-0.1, -0.05) is 0 Å². The van der Waals surface area contributed by atoms with Crippen LogP contribution in [0.3, 0.4) is 0 Å². The summed E-state index contributed by atoms with van der Waals surface area (Å²) >= 11 is 0. The van der Waals surface area contributed by atoms with Gasteiger partial charge >= 0.3 is 0 Å². The van der Waals surface area contributed by atoms with Crippen LogP contribution in [0, 0.1) is 5.82 Å². The third-order valence-corrected chi connectivity index (χ3v) is 4.15. The van der Waals surface area contributed by atoms with E-state index >= 15 is 0 Å². The van der Waals surface area contributed by atoms with Crippen molar-refractivity contribution in [1.82, 2.24) is 15.5 Å². The van der Waals surface area contributed by atoms with Gasteiger partial charge in [0.05, 0.1) is 19.9 Å². The molecule has 1 amide bonds. The molecule has 0 unspecified atom stereocenters. The second-order valence-corrected chi connectivity index (χ2v) is 5.71. The molecule has 27 heavy (non-hydrogen) atoms. The van der Waals surface area contributed by atoms with Crippen LogP contribution < -0.4 is 20.5 Å². The van der Waals surface area contributed by atoms with E-state index in [1.54, 1.807) is 25.1 Å². The fourth-order valence-electron chi connectivity index (χ4n) is 2.84. The number of nitrogens with one attached hydrogen (secondary N) is 1. The Balaban J connectivity index is 2.27. The van der Waals surface area contributed by atoms with Gasteiger partial charge in [-0.15, -0.1) is 10.2 Å². The van der Waals surface area contributed by atoms with Crippen molar-refractivity contribution < 1.29 is 18.7 Å². The number of rotatable bonds is 5. The number of amides is 1. The first-order chi connectivity index (χ1) is 13.0. The van der Waals surface area contributed by atoms with Crippen molar-refractivity contribution in [2.75, 3.05) is 26.5 Å². The number of carbonyl (C=O) groups excluding carboxylic acids is 1. The molecule has 7 nitrogen and oxygen atoms in total. The van der Waals surface area contributed by atoms with E-state index in [1.165, 1.54) is 26.4 Å². The number of nitrogen functional groups attached to an aromatic ring is 1. The maximum Gasteiger partial charge on any atom is 0.273 e. The highest BCUT2D eigenvalue weighted by Crippen LogP contribution is 2.39. The van der Waals surface area contributed by atoms with E-state index in [-0.39, 0.29) is 22.5 Å². The standard InChI is InChI=1S/C19H19FN4O3/c1-4-22-19(25)18-16(21)12-7-8-13(20)15(17(12)23-24-18)11-6-5-10(26-2)9-14(11)27-3/h5-9H,4H2,1-3H3,(H2,21,23)(H,22,25). The summed E-state index contributed by atoms with van der Waals surface area (Å²) in [6.45, 7) is 2.21. The molecular formula is C19H19FN4O3. The van der Waals surface area contributed by atoms with E-state index < -0.39 is 11.7 Å². The van der Waals surface area contributed by atoms with Gasteiger partial charge < -0.3 is 20.5 Å². The molecule has 0 aliphatic rings. The number of ether oxygens (including phenoxy) is 2. The van der Waals surface area contributed by atoms with Crippen LogP contribution in [0.5, 0.6) is 11.5 Å². The molecule has 0 bridgehead atoms. The number of carbonyl (C=O) groups is 1. The first kappa shape index (κ1) is 18.4. The summed E-state index contributed by atoms with van der Waals surface area (Å²) in [6, 6.07) is 7.77. The Morgan fingerprint density at radius 2 is 1.96 bits per heavy atom. The summed E-state index contributed by atoms with van der Waals surface area (Å²) in [5, 5.41) is 11.1.